The Balaban J connectivity index is 2.33. The Morgan fingerprint density at radius 2 is 2.38 bits per heavy atom. The van der Waals surface area contributed by atoms with E-state index in [9.17, 15) is 0 Å². The lowest BCUT2D eigenvalue weighted by Crippen LogP contribution is -2.64. The van der Waals surface area contributed by atoms with E-state index in [0.717, 1.165) is 13.1 Å². The number of nitrogens with two attached hydrogens (primary N) is 1. The van der Waals surface area contributed by atoms with Crippen LogP contribution in [0.2, 0.25) is 0 Å². The number of rotatable bonds is 2. The van der Waals surface area contributed by atoms with Crippen LogP contribution in [0.15, 0.2) is 0 Å². The highest BCUT2D eigenvalue weighted by Crippen LogP contribution is 2.12. The lowest BCUT2D eigenvalue weighted by Gasteiger charge is -2.40. The van der Waals surface area contributed by atoms with E-state index < -0.39 is 0 Å². The second kappa shape index (κ2) is 2.01. The fourth-order valence-electron chi connectivity index (χ4n) is 0.776. The van der Waals surface area contributed by atoms with Crippen LogP contribution in [0.5, 0.6) is 0 Å². The lowest BCUT2D eigenvalue weighted by atomic mass is 9.98. The summed E-state index contributed by atoms with van der Waals surface area (Å²) in [4.78, 5) is 0. The Hall–Kier alpha value is -0.120. The van der Waals surface area contributed by atoms with E-state index in [-0.39, 0.29) is 5.60 Å². The molecule has 0 saturated carbocycles. The van der Waals surface area contributed by atoms with Crippen molar-refractivity contribution in [3.8, 4) is 0 Å². The number of hydrogen-bond acceptors (Lipinski definition) is 3. The first-order valence-corrected chi connectivity index (χ1v) is 2.79. The summed E-state index contributed by atoms with van der Waals surface area (Å²) in [6, 6.07) is 0. The molecule has 0 aliphatic carbocycles. The average Bonchev–Trinajstić information content (AvgIpc) is 1.67. The molecule has 0 unspecified atom stereocenters. The summed E-state index contributed by atoms with van der Waals surface area (Å²) in [7, 11) is 1.70. The van der Waals surface area contributed by atoms with Gasteiger partial charge in [-0.1, -0.05) is 0 Å². The summed E-state index contributed by atoms with van der Waals surface area (Å²) in [5, 5.41) is 3.10. The first kappa shape index (κ1) is 6.01. The zero-order chi connectivity index (χ0) is 6.04. The third-order valence-electron chi connectivity index (χ3n) is 1.70. The summed E-state index contributed by atoms with van der Waals surface area (Å²) in [5.74, 6) is 0. The Kier molecular flexibility index (Phi) is 1.51. The number of ether oxygens (including phenoxy) is 1. The van der Waals surface area contributed by atoms with Crippen LogP contribution in [0.3, 0.4) is 0 Å². The molecule has 1 aliphatic rings. The van der Waals surface area contributed by atoms with E-state index in [1.165, 1.54) is 0 Å². The second-order valence-corrected chi connectivity index (χ2v) is 2.19. The van der Waals surface area contributed by atoms with Gasteiger partial charge in [0.15, 0.2) is 0 Å². The van der Waals surface area contributed by atoms with Crippen molar-refractivity contribution < 1.29 is 4.74 Å². The Morgan fingerprint density at radius 1 is 1.75 bits per heavy atom. The minimum Gasteiger partial charge on any atom is -0.374 e. The van der Waals surface area contributed by atoms with Gasteiger partial charge in [-0.2, -0.15) is 0 Å². The third kappa shape index (κ3) is 0.727. The van der Waals surface area contributed by atoms with Crippen LogP contribution in [0, 0.1) is 0 Å². The van der Waals surface area contributed by atoms with Crippen molar-refractivity contribution in [2.45, 2.75) is 5.60 Å². The maximum atomic E-state index is 5.41. The molecular weight excluding hydrogens is 104 g/mol. The molecule has 1 rings (SSSR count). The summed E-state index contributed by atoms with van der Waals surface area (Å²) in [6.07, 6.45) is 0. The summed E-state index contributed by atoms with van der Waals surface area (Å²) >= 11 is 0. The predicted molar refractivity (Wildman–Crippen MR) is 31.7 cm³/mol. The molecule has 48 valence electrons. The van der Waals surface area contributed by atoms with Crippen molar-refractivity contribution in [1.82, 2.24) is 5.32 Å². The van der Waals surface area contributed by atoms with Crippen molar-refractivity contribution in [1.29, 1.82) is 0 Å². The van der Waals surface area contributed by atoms with E-state index in [1.807, 2.05) is 0 Å². The van der Waals surface area contributed by atoms with Gasteiger partial charge in [-0.15, -0.1) is 0 Å². The van der Waals surface area contributed by atoms with Gasteiger partial charge in [-0.3, -0.25) is 0 Å². The quantitative estimate of drug-likeness (QED) is 0.483. The molecule has 1 heterocycles. The standard InChI is InChI=1S/C5H12N2O/c1-8-5(2-6)3-7-4-5/h7H,2-4,6H2,1H3. The first-order chi connectivity index (χ1) is 3.83. The molecule has 1 saturated heterocycles. The van der Waals surface area contributed by atoms with Crippen molar-refractivity contribution in [3.63, 3.8) is 0 Å². The molecule has 0 spiro atoms. The topological polar surface area (TPSA) is 47.3 Å². The Morgan fingerprint density at radius 3 is 2.38 bits per heavy atom. The largest absolute Gasteiger partial charge is 0.374 e. The number of methoxy groups -OCH3 is 1. The van der Waals surface area contributed by atoms with Crippen molar-refractivity contribution in [2.24, 2.45) is 5.73 Å². The van der Waals surface area contributed by atoms with E-state index >= 15 is 0 Å². The molecule has 0 radical (unpaired) electrons. The van der Waals surface area contributed by atoms with Gasteiger partial charge in [-0.05, 0) is 0 Å². The zero-order valence-electron chi connectivity index (χ0n) is 5.11. The highest BCUT2D eigenvalue weighted by atomic mass is 16.5. The molecule has 0 aromatic rings. The van der Waals surface area contributed by atoms with Gasteiger partial charge >= 0.3 is 0 Å². The Labute approximate surface area is 49.2 Å². The normalized spacial score (nSPS) is 24.8. The van der Waals surface area contributed by atoms with Gasteiger partial charge < -0.3 is 15.8 Å². The molecule has 8 heavy (non-hydrogen) atoms. The summed E-state index contributed by atoms with van der Waals surface area (Å²) < 4.78 is 5.14. The predicted octanol–water partition coefficient (Wildman–Crippen LogP) is -1.07. The summed E-state index contributed by atoms with van der Waals surface area (Å²) in [6.45, 7) is 2.43. The van der Waals surface area contributed by atoms with Crippen LogP contribution in [0.25, 0.3) is 0 Å². The molecule has 3 N–H and O–H groups in total. The molecule has 0 aromatic carbocycles. The average molecular weight is 116 g/mol. The van der Waals surface area contributed by atoms with Crippen molar-refractivity contribution in [2.75, 3.05) is 26.7 Å². The Bertz CT molecular complexity index is 67.0. The molecule has 3 nitrogen and oxygen atoms in total. The maximum Gasteiger partial charge on any atom is 0.105 e. The van der Waals surface area contributed by atoms with Crippen LogP contribution in [-0.4, -0.2) is 32.3 Å². The highest BCUT2D eigenvalue weighted by molar-refractivity contribution is 4.94. The fraction of sp³-hybridized carbons (Fsp3) is 1.00. The molecule has 0 atom stereocenters. The molecule has 3 heteroatoms. The molecule has 0 bridgehead atoms. The van der Waals surface area contributed by atoms with E-state index in [1.54, 1.807) is 7.11 Å². The van der Waals surface area contributed by atoms with Crippen molar-refractivity contribution in [3.05, 3.63) is 0 Å². The number of hydrogen-bond donors (Lipinski definition) is 2. The van der Waals surface area contributed by atoms with E-state index in [4.69, 9.17) is 10.5 Å². The zero-order valence-corrected chi connectivity index (χ0v) is 5.11. The first-order valence-electron chi connectivity index (χ1n) is 2.79. The minimum atomic E-state index is -0.0278. The van der Waals surface area contributed by atoms with Crippen molar-refractivity contribution >= 4 is 0 Å². The molecular formula is C5H12N2O. The lowest BCUT2D eigenvalue weighted by molar-refractivity contribution is -0.0428. The van der Waals surface area contributed by atoms with Crippen LogP contribution in [-0.2, 0) is 4.74 Å². The van der Waals surface area contributed by atoms with Crippen LogP contribution in [0.4, 0.5) is 0 Å². The molecule has 0 amide bonds. The molecule has 0 aromatic heterocycles. The van der Waals surface area contributed by atoms with Gasteiger partial charge in [0.25, 0.3) is 0 Å². The van der Waals surface area contributed by atoms with Gasteiger partial charge in [0, 0.05) is 26.7 Å². The van der Waals surface area contributed by atoms with Crippen LogP contribution < -0.4 is 11.1 Å². The SMILES string of the molecule is COC1(CN)CNC1. The number of nitrogens with one attached hydrogen (secondary N) is 1. The highest BCUT2D eigenvalue weighted by Gasteiger charge is 2.34. The fourth-order valence-corrected chi connectivity index (χ4v) is 0.776. The van der Waals surface area contributed by atoms with Gasteiger partial charge in [0.05, 0.1) is 0 Å². The van der Waals surface area contributed by atoms with Gasteiger partial charge in [0.2, 0.25) is 0 Å². The molecule has 1 aliphatic heterocycles. The monoisotopic (exact) mass is 116 g/mol. The maximum absolute atomic E-state index is 5.41. The van der Waals surface area contributed by atoms with Gasteiger partial charge in [-0.25, -0.2) is 0 Å². The smallest absolute Gasteiger partial charge is 0.105 e. The molecule has 1 fully saturated rings. The second-order valence-electron chi connectivity index (χ2n) is 2.19. The van der Waals surface area contributed by atoms with Crippen LogP contribution >= 0.6 is 0 Å². The van der Waals surface area contributed by atoms with E-state index in [0.29, 0.717) is 6.54 Å². The summed E-state index contributed by atoms with van der Waals surface area (Å²) in [5.41, 5.74) is 5.39. The van der Waals surface area contributed by atoms with Crippen LogP contribution in [0.1, 0.15) is 0 Å². The minimum absolute atomic E-state index is 0.0278. The third-order valence-corrected chi connectivity index (χ3v) is 1.70. The van der Waals surface area contributed by atoms with Gasteiger partial charge in [0.1, 0.15) is 5.60 Å². The van der Waals surface area contributed by atoms with E-state index in [2.05, 4.69) is 5.32 Å².